The normalized spacial score (nSPS) is 18.6. The van der Waals surface area contributed by atoms with E-state index in [1.54, 1.807) is 4.90 Å². The van der Waals surface area contributed by atoms with Gasteiger partial charge in [0.15, 0.2) is 5.65 Å². The lowest BCUT2D eigenvalue weighted by atomic mass is 10.0. The van der Waals surface area contributed by atoms with Crippen LogP contribution in [0.25, 0.3) is 22.3 Å². The minimum atomic E-state index is -0.639. The fraction of sp³-hybridized carbons (Fsp3) is 0.278. The number of amides is 3. The van der Waals surface area contributed by atoms with Crippen molar-refractivity contribution in [2.75, 3.05) is 18.8 Å². The van der Waals surface area contributed by atoms with Crippen molar-refractivity contribution in [1.29, 1.82) is 0 Å². The molecule has 0 aliphatic carbocycles. The molecule has 2 saturated heterocycles. The Hall–Kier alpha value is -5.14. The number of aromatic nitrogens is 4. The third-order valence-electron chi connectivity index (χ3n) is 9.65. The maximum absolute atomic E-state index is 13.2. The van der Waals surface area contributed by atoms with Crippen molar-refractivity contribution < 1.29 is 19.1 Å². The number of nitrogens with two attached hydrogens (primary N) is 1. The zero-order chi connectivity index (χ0) is 33.6. The van der Waals surface area contributed by atoms with E-state index in [2.05, 4.69) is 36.1 Å². The molecule has 8 rings (SSSR count). The van der Waals surface area contributed by atoms with Gasteiger partial charge in [-0.25, -0.2) is 14.6 Å². The predicted octanol–water partition coefficient (Wildman–Crippen LogP) is 5.23. The molecule has 248 valence electrons. The Kier molecular flexibility index (Phi) is 8.08. The number of hydrogen-bond donors (Lipinski definition) is 2. The number of halogens is 1. The zero-order valence-electron chi connectivity index (χ0n) is 26.5. The van der Waals surface area contributed by atoms with Crippen molar-refractivity contribution >= 4 is 50.5 Å². The summed E-state index contributed by atoms with van der Waals surface area (Å²) >= 11 is 3.78. The molecule has 1 atom stereocenters. The molecule has 2 aromatic heterocycles. The van der Waals surface area contributed by atoms with Crippen LogP contribution >= 0.6 is 15.9 Å². The number of anilines is 1. The number of imide groups is 1. The van der Waals surface area contributed by atoms with Gasteiger partial charge in [-0.1, -0.05) is 40.2 Å². The van der Waals surface area contributed by atoms with Crippen molar-refractivity contribution in [2.45, 2.75) is 50.9 Å². The number of rotatable bonds is 7. The number of nitrogens with one attached hydrogen (secondary N) is 1. The second-order valence-corrected chi connectivity index (χ2v) is 13.5. The summed E-state index contributed by atoms with van der Waals surface area (Å²) in [4.78, 5) is 50.3. The Morgan fingerprint density at radius 1 is 0.918 bits per heavy atom. The SMILES string of the molecule is Nc1ncnc2c1c(-c1ccc(Oc3ccccc3)cc1)nn2C1CCN(Cc2ccc3c(c2Br)CN(C2CCC(=O)NC2=O)C3=O)CC1. The highest BCUT2D eigenvalue weighted by atomic mass is 79.9. The molecule has 12 nitrogen and oxygen atoms in total. The topological polar surface area (TPSA) is 149 Å². The van der Waals surface area contributed by atoms with Crippen LogP contribution in [0.3, 0.4) is 0 Å². The number of ether oxygens (including phenoxy) is 1. The van der Waals surface area contributed by atoms with E-state index in [0.717, 1.165) is 75.3 Å². The number of carbonyl (C=O) groups excluding carboxylic acids is 3. The predicted molar refractivity (Wildman–Crippen MR) is 185 cm³/mol. The maximum atomic E-state index is 13.2. The standard InChI is InChI=1S/C36H33BrN8O4/c37-31-22(8-11-26-27(31)19-44(36(26)48)28-12-13-29(46)41-35(28)47)18-43-16-14-23(15-17-43)45-34-30(33(38)39-20-40-34)32(42-45)21-6-9-25(10-7-21)49-24-4-2-1-3-5-24/h1-11,20,23,28H,12-19H2,(H2,38,39,40)(H,41,46,47). The smallest absolute Gasteiger partial charge is 0.255 e. The lowest BCUT2D eigenvalue weighted by molar-refractivity contribution is -0.136. The third-order valence-corrected chi connectivity index (χ3v) is 10.6. The van der Waals surface area contributed by atoms with Gasteiger partial charge in [0.2, 0.25) is 11.8 Å². The van der Waals surface area contributed by atoms with Gasteiger partial charge in [-0.15, -0.1) is 0 Å². The molecule has 2 fully saturated rings. The van der Waals surface area contributed by atoms with Crippen molar-refractivity contribution in [3.8, 4) is 22.8 Å². The summed E-state index contributed by atoms with van der Waals surface area (Å²) in [5, 5.41) is 8.17. The first-order chi connectivity index (χ1) is 23.8. The summed E-state index contributed by atoms with van der Waals surface area (Å²) in [5.41, 5.74) is 11.3. The minimum Gasteiger partial charge on any atom is -0.457 e. The Labute approximate surface area is 290 Å². The van der Waals surface area contributed by atoms with E-state index in [4.69, 9.17) is 15.6 Å². The Bertz CT molecular complexity index is 2090. The Balaban J connectivity index is 0.966. The van der Waals surface area contributed by atoms with Crippen molar-refractivity contribution in [1.82, 2.24) is 34.9 Å². The third kappa shape index (κ3) is 5.82. The number of carbonyl (C=O) groups is 3. The van der Waals surface area contributed by atoms with Crippen LogP contribution in [0.5, 0.6) is 11.5 Å². The molecule has 3 aliphatic rings. The molecule has 0 bridgehead atoms. The van der Waals surface area contributed by atoms with Gasteiger partial charge in [0.25, 0.3) is 5.91 Å². The van der Waals surface area contributed by atoms with E-state index in [1.807, 2.05) is 71.4 Å². The molecule has 0 radical (unpaired) electrons. The van der Waals surface area contributed by atoms with Crippen LogP contribution in [-0.4, -0.2) is 66.4 Å². The van der Waals surface area contributed by atoms with E-state index in [1.165, 1.54) is 6.33 Å². The highest BCUT2D eigenvalue weighted by Crippen LogP contribution is 2.38. The molecule has 5 aromatic rings. The van der Waals surface area contributed by atoms with Gasteiger partial charge in [-0.3, -0.25) is 24.6 Å². The first-order valence-corrected chi connectivity index (χ1v) is 17.1. The van der Waals surface area contributed by atoms with Crippen LogP contribution in [0.15, 0.2) is 77.5 Å². The second kappa shape index (κ2) is 12.7. The van der Waals surface area contributed by atoms with Crippen LogP contribution in [0, 0.1) is 0 Å². The van der Waals surface area contributed by atoms with E-state index in [-0.39, 0.29) is 24.3 Å². The molecule has 1 unspecified atom stereocenters. The maximum Gasteiger partial charge on any atom is 0.255 e. The van der Waals surface area contributed by atoms with Crippen molar-refractivity contribution in [2.24, 2.45) is 0 Å². The number of piperidine rings is 2. The second-order valence-electron chi connectivity index (χ2n) is 12.7. The molecule has 0 saturated carbocycles. The Morgan fingerprint density at radius 3 is 2.43 bits per heavy atom. The first-order valence-electron chi connectivity index (χ1n) is 16.3. The van der Waals surface area contributed by atoms with Crippen LogP contribution in [-0.2, 0) is 22.7 Å². The molecule has 0 spiro atoms. The van der Waals surface area contributed by atoms with Crippen LogP contribution in [0.1, 0.15) is 53.2 Å². The van der Waals surface area contributed by atoms with E-state index in [9.17, 15) is 14.4 Å². The summed E-state index contributed by atoms with van der Waals surface area (Å²) in [5.74, 6) is 1.01. The van der Waals surface area contributed by atoms with E-state index in [0.29, 0.717) is 30.9 Å². The zero-order valence-corrected chi connectivity index (χ0v) is 28.1. The monoisotopic (exact) mass is 720 g/mol. The van der Waals surface area contributed by atoms with Gasteiger partial charge >= 0.3 is 0 Å². The molecular weight excluding hydrogens is 688 g/mol. The van der Waals surface area contributed by atoms with E-state index >= 15 is 0 Å². The van der Waals surface area contributed by atoms with Crippen molar-refractivity contribution in [3.05, 3.63) is 94.2 Å². The van der Waals surface area contributed by atoms with Gasteiger partial charge in [0, 0.05) is 48.2 Å². The van der Waals surface area contributed by atoms with Crippen LogP contribution < -0.4 is 15.8 Å². The highest BCUT2D eigenvalue weighted by molar-refractivity contribution is 9.10. The van der Waals surface area contributed by atoms with Gasteiger partial charge in [-0.2, -0.15) is 5.10 Å². The van der Waals surface area contributed by atoms with Crippen LogP contribution in [0.2, 0.25) is 0 Å². The molecule has 49 heavy (non-hydrogen) atoms. The minimum absolute atomic E-state index is 0.130. The average molecular weight is 722 g/mol. The highest BCUT2D eigenvalue weighted by Gasteiger charge is 2.40. The van der Waals surface area contributed by atoms with Gasteiger partial charge in [0.05, 0.1) is 11.4 Å². The summed E-state index contributed by atoms with van der Waals surface area (Å²) < 4.78 is 8.88. The molecular formula is C36H33BrN8O4. The fourth-order valence-corrected chi connectivity index (χ4v) is 7.69. The van der Waals surface area contributed by atoms with Gasteiger partial charge in [-0.05, 0) is 72.9 Å². The number of hydrogen-bond acceptors (Lipinski definition) is 9. The quantitative estimate of drug-likeness (QED) is 0.216. The Morgan fingerprint density at radius 2 is 1.67 bits per heavy atom. The summed E-state index contributed by atoms with van der Waals surface area (Å²) in [6.45, 7) is 2.74. The fourth-order valence-electron chi connectivity index (χ4n) is 7.10. The first kappa shape index (κ1) is 31.1. The molecule has 3 aliphatic heterocycles. The number of fused-ring (bicyclic) bond motifs is 2. The van der Waals surface area contributed by atoms with Gasteiger partial charge < -0.3 is 15.4 Å². The summed E-state index contributed by atoms with van der Waals surface area (Å²) in [6.07, 6.45) is 3.80. The number of para-hydroxylation sites is 1. The average Bonchev–Trinajstić information content (AvgIpc) is 3.66. The molecule has 3 amide bonds. The number of nitrogens with zero attached hydrogens (tertiary/aromatic N) is 6. The number of benzene rings is 3. The lowest BCUT2D eigenvalue weighted by Gasteiger charge is -2.32. The number of likely N-dealkylation sites (tertiary alicyclic amines) is 1. The summed E-state index contributed by atoms with van der Waals surface area (Å²) in [7, 11) is 0. The molecule has 3 N–H and O–H groups in total. The largest absolute Gasteiger partial charge is 0.457 e. The molecule has 3 aromatic carbocycles. The number of nitrogen functional groups attached to an aromatic ring is 1. The lowest BCUT2D eigenvalue weighted by Crippen LogP contribution is -2.52. The molecule has 13 heteroatoms. The van der Waals surface area contributed by atoms with Gasteiger partial charge in [0.1, 0.15) is 35.4 Å². The molecule has 5 heterocycles. The summed E-state index contributed by atoms with van der Waals surface area (Å²) in [6, 6.07) is 20.8. The van der Waals surface area contributed by atoms with E-state index < -0.39 is 11.9 Å². The van der Waals surface area contributed by atoms with Crippen molar-refractivity contribution in [3.63, 3.8) is 0 Å². The van der Waals surface area contributed by atoms with Crippen LogP contribution in [0.4, 0.5) is 5.82 Å².